The van der Waals surface area contributed by atoms with Gasteiger partial charge in [-0.3, -0.25) is 0 Å². The molecule has 2 nitrogen and oxygen atoms in total. The summed E-state index contributed by atoms with van der Waals surface area (Å²) >= 11 is 7.55. The second-order valence-electron chi connectivity index (χ2n) is 3.69. The van der Waals surface area contributed by atoms with Crippen LogP contribution in [0.5, 0.6) is 5.75 Å². The molecule has 2 aromatic rings. The van der Waals surface area contributed by atoms with Crippen molar-refractivity contribution in [2.75, 3.05) is 0 Å². The Kier molecular flexibility index (Phi) is 4.83. The number of hydrogen-bond acceptors (Lipinski definition) is 3. The normalized spacial score (nSPS) is 11.9. The van der Waals surface area contributed by atoms with Crippen molar-refractivity contribution in [2.24, 2.45) is 5.73 Å². The van der Waals surface area contributed by atoms with Gasteiger partial charge in [-0.2, -0.15) is 11.3 Å². The van der Waals surface area contributed by atoms with E-state index in [2.05, 4.69) is 0 Å². The van der Waals surface area contributed by atoms with Crippen molar-refractivity contribution in [1.82, 2.24) is 0 Å². The van der Waals surface area contributed by atoms with Crippen LogP contribution in [0.4, 0.5) is 0 Å². The van der Waals surface area contributed by atoms with E-state index < -0.39 is 0 Å². The molecule has 0 saturated heterocycles. The topological polar surface area (TPSA) is 46.2 Å². The highest BCUT2D eigenvalue weighted by molar-refractivity contribution is 7.08. The third-order valence-electron chi connectivity index (χ3n) is 2.53. The molecule has 0 aliphatic rings. The monoisotopic (exact) mass is 289 g/mol. The lowest BCUT2D eigenvalue weighted by Gasteiger charge is -2.14. The highest BCUT2D eigenvalue weighted by Crippen LogP contribution is 2.33. The van der Waals surface area contributed by atoms with Crippen molar-refractivity contribution >= 4 is 35.3 Å². The molecule has 5 heteroatoms. The maximum absolute atomic E-state index is 9.96. The van der Waals surface area contributed by atoms with Crippen molar-refractivity contribution < 1.29 is 5.11 Å². The van der Waals surface area contributed by atoms with Gasteiger partial charge in [-0.25, -0.2) is 0 Å². The van der Waals surface area contributed by atoms with Crippen LogP contribution >= 0.6 is 35.3 Å². The molecule has 0 aliphatic carbocycles. The molecule has 92 valence electrons. The van der Waals surface area contributed by atoms with Crippen molar-refractivity contribution in [3.05, 3.63) is 50.7 Å². The Bertz CT molecular complexity index is 499. The number of phenolic OH excluding ortho intramolecular Hbond substituents is 1. The Morgan fingerprint density at radius 1 is 1.41 bits per heavy atom. The van der Waals surface area contributed by atoms with E-state index in [9.17, 15) is 5.11 Å². The number of aromatic hydroxyl groups is 1. The minimum Gasteiger partial charge on any atom is -0.507 e. The molecule has 0 bridgehead atoms. The van der Waals surface area contributed by atoms with E-state index >= 15 is 0 Å². The number of benzene rings is 1. The molecule has 1 aromatic heterocycles. The Hall–Kier alpha value is -0.740. The first-order chi connectivity index (χ1) is 7.59. The summed E-state index contributed by atoms with van der Waals surface area (Å²) in [5.41, 5.74) is 8.49. The fourth-order valence-electron chi connectivity index (χ4n) is 1.63. The van der Waals surface area contributed by atoms with E-state index in [0.29, 0.717) is 10.6 Å². The van der Waals surface area contributed by atoms with Crippen LogP contribution in [0, 0.1) is 6.92 Å². The van der Waals surface area contributed by atoms with Crippen molar-refractivity contribution in [3.63, 3.8) is 0 Å². The van der Waals surface area contributed by atoms with E-state index in [1.54, 1.807) is 23.5 Å². The van der Waals surface area contributed by atoms with Gasteiger partial charge in [-0.15, -0.1) is 12.4 Å². The van der Waals surface area contributed by atoms with Crippen LogP contribution in [-0.2, 0) is 0 Å². The molecule has 3 N–H and O–H groups in total. The van der Waals surface area contributed by atoms with E-state index in [1.807, 2.05) is 23.8 Å². The van der Waals surface area contributed by atoms with E-state index in [1.165, 1.54) is 0 Å². The van der Waals surface area contributed by atoms with Gasteiger partial charge in [-0.05, 0) is 47.0 Å². The molecular formula is C12H13Cl2NOS. The zero-order valence-corrected chi connectivity index (χ0v) is 11.6. The number of halogens is 2. The van der Waals surface area contributed by atoms with Gasteiger partial charge in [0.15, 0.2) is 0 Å². The summed E-state index contributed by atoms with van der Waals surface area (Å²) in [5, 5.41) is 14.5. The fourth-order valence-corrected chi connectivity index (χ4v) is 2.61. The first-order valence-corrected chi connectivity index (χ1v) is 6.18. The average Bonchev–Trinajstić information content (AvgIpc) is 2.75. The summed E-state index contributed by atoms with van der Waals surface area (Å²) in [5.74, 6) is 0.225. The lowest BCUT2D eigenvalue weighted by atomic mass is 9.99. The van der Waals surface area contributed by atoms with Gasteiger partial charge in [-0.1, -0.05) is 11.6 Å². The van der Waals surface area contributed by atoms with Crippen LogP contribution < -0.4 is 5.73 Å². The van der Waals surface area contributed by atoms with E-state index in [-0.39, 0.29) is 24.2 Å². The molecule has 0 saturated carbocycles. The summed E-state index contributed by atoms with van der Waals surface area (Å²) in [6.45, 7) is 1.81. The predicted octanol–water partition coefficient (Wildman–Crippen LogP) is 3.89. The average molecular weight is 290 g/mol. The third-order valence-corrected chi connectivity index (χ3v) is 3.45. The summed E-state index contributed by atoms with van der Waals surface area (Å²) in [6.07, 6.45) is 0. The molecule has 1 heterocycles. The Labute approximate surface area is 115 Å². The Balaban J connectivity index is 0.00000144. The van der Waals surface area contributed by atoms with Crippen LogP contribution in [0.3, 0.4) is 0 Å². The predicted molar refractivity (Wildman–Crippen MR) is 75.5 cm³/mol. The number of hydrogen-bond donors (Lipinski definition) is 2. The molecule has 0 unspecified atom stereocenters. The Morgan fingerprint density at radius 2 is 2.12 bits per heavy atom. The summed E-state index contributed by atoms with van der Waals surface area (Å²) < 4.78 is 0. The minimum atomic E-state index is -0.330. The zero-order chi connectivity index (χ0) is 11.7. The highest BCUT2D eigenvalue weighted by Gasteiger charge is 2.15. The summed E-state index contributed by atoms with van der Waals surface area (Å²) in [4.78, 5) is 0. The van der Waals surface area contributed by atoms with Crippen LogP contribution in [-0.4, -0.2) is 5.11 Å². The minimum absolute atomic E-state index is 0. The molecule has 0 amide bonds. The van der Waals surface area contributed by atoms with E-state index in [4.69, 9.17) is 17.3 Å². The largest absolute Gasteiger partial charge is 0.507 e. The van der Waals surface area contributed by atoms with Crippen LogP contribution in [0.15, 0.2) is 29.0 Å². The standard InChI is InChI=1S/C12H12ClNOS.ClH/c1-7-4-9(13)5-10(12(7)15)11(14)8-2-3-16-6-8;/h2-6,11,15H,14H2,1H3;1H/t11-;/m1./s1. The van der Waals surface area contributed by atoms with Crippen LogP contribution in [0.2, 0.25) is 5.02 Å². The molecule has 0 aliphatic heterocycles. The maximum Gasteiger partial charge on any atom is 0.123 e. The smallest absolute Gasteiger partial charge is 0.123 e. The van der Waals surface area contributed by atoms with E-state index in [0.717, 1.165) is 11.1 Å². The lowest BCUT2D eigenvalue weighted by Crippen LogP contribution is -2.11. The van der Waals surface area contributed by atoms with Crippen molar-refractivity contribution in [3.8, 4) is 5.75 Å². The molecular weight excluding hydrogens is 277 g/mol. The number of aryl methyl sites for hydroxylation is 1. The maximum atomic E-state index is 9.96. The van der Waals surface area contributed by atoms with Gasteiger partial charge < -0.3 is 10.8 Å². The number of phenols is 1. The first kappa shape index (κ1) is 14.3. The number of nitrogens with two attached hydrogens (primary N) is 1. The molecule has 17 heavy (non-hydrogen) atoms. The molecule has 2 rings (SSSR count). The van der Waals surface area contributed by atoms with Gasteiger partial charge >= 0.3 is 0 Å². The van der Waals surface area contributed by atoms with Crippen LogP contribution in [0.25, 0.3) is 0 Å². The molecule has 1 aromatic carbocycles. The van der Waals surface area contributed by atoms with Gasteiger partial charge in [0.1, 0.15) is 5.75 Å². The Morgan fingerprint density at radius 3 is 2.71 bits per heavy atom. The van der Waals surface area contributed by atoms with Gasteiger partial charge in [0.2, 0.25) is 0 Å². The number of thiophene rings is 1. The summed E-state index contributed by atoms with van der Waals surface area (Å²) in [6, 6.07) is 5.06. The highest BCUT2D eigenvalue weighted by atomic mass is 35.5. The van der Waals surface area contributed by atoms with Gasteiger partial charge in [0.05, 0.1) is 6.04 Å². The quantitative estimate of drug-likeness (QED) is 0.881. The zero-order valence-electron chi connectivity index (χ0n) is 9.18. The third kappa shape index (κ3) is 2.93. The molecule has 0 radical (unpaired) electrons. The van der Waals surface area contributed by atoms with Crippen molar-refractivity contribution in [1.29, 1.82) is 0 Å². The van der Waals surface area contributed by atoms with Gasteiger partial charge in [0.25, 0.3) is 0 Å². The van der Waals surface area contributed by atoms with Crippen molar-refractivity contribution in [2.45, 2.75) is 13.0 Å². The van der Waals surface area contributed by atoms with Gasteiger partial charge in [0, 0.05) is 10.6 Å². The number of rotatable bonds is 2. The fraction of sp³-hybridized carbons (Fsp3) is 0.167. The summed E-state index contributed by atoms with van der Waals surface area (Å²) in [7, 11) is 0. The molecule has 1 atom stereocenters. The molecule has 0 spiro atoms. The second-order valence-corrected chi connectivity index (χ2v) is 4.91. The SMILES string of the molecule is Cc1cc(Cl)cc([C@H](N)c2ccsc2)c1O.Cl. The molecule has 0 fully saturated rings. The second kappa shape index (κ2) is 5.74. The first-order valence-electron chi connectivity index (χ1n) is 4.86. The lowest BCUT2D eigenvalue weighted by molar-refractivity contribution is 0.461. The van der Waals surface area contributed by atoms with Crippen LogP contribution in [0.1, 0.15) is 22.7 Å².